The Hall–Kier alpha value is -2.07. The highest BCUT2D eigenvalue weighted by Gasteiger charge is 2.09. The van der Waals surface area contributed by atoms with Gasteiger partial charge in [-0.25, -0.2) is 4.98 Å². The van der Waals surface area contributed by atoms with Crippen LogP contribution in [0.25, 0.3) is 0 Å². The molecule has 1 aromatic carbocycles. The SMILES string of the molecule is Cc1ccccc1CNc1cc(Cl)ncc1C(N)=O. The monoisotopic (exact) mass is 275 g/mol. The van der Waals surface area contributed by atoms with Gasteiger partial charge in [0.2, 0.25) is 0 Å². The van der Waals surface area contributed by atoms with Gasteiger partial charge in [-0.1, -0.05) is 35.9 Å². The summed E-state index contributed by atoms with van der Waals surface area (Å²) in [4.78, 5) is 15.2. The van der Waals surface area contributed by atoms with Crippen LogP contribution >= 0.6 is 11.6 Å². The maximum absolute atomic E-state index is 11.3. The van der Waals surface area contributed by atoms with Crippen molar-refractivity contribution in [3.05, 3.63) is 58.4 Å². The molecule has 3 N–H and O–H groups in total. The highest BCUT2D eigenvalue weighted by molar-refractivity contribution is 6.29. The van der Waals surface area contributed by atoms with E-state index in [-0.39, 0.29) is 0 Å². The van der Waals surface area contributed by atoms with Crippen LogP contribution in [-0.2, 0) is 6.54 Å². The van der Waals surface area contributed by atoms with E-state index in [0.29, 0.717) is 22.9 Å². The van der Waals surface area contributed by atoms with Crippen molar-refractivity contribution in [2.45, 2.75) is 13.5 Å². The Labute approximate surface area is 116 Å². The minimum Gasteiger partial charge on any atom is -0.380 e. The van der Waals surface area contributed by atoms with Crippen molar-refractivity contribution in [2.24, 2.45) is 5.73 Å². The van der Waals surface area contributed by atoms with E-state index < -0.39 is 5.91 Å². The van der Waals surface area contributed by atoms with E-state index >= 15 is 0 Å². The molecule has 2 aromatic rings. The van der Waals surface area contributed by atoms with Crippen molar-refractivity contribution in [2.75, 3.05) is 5.32 Å². The number of carbonyl (C=O) groups is 1. The summed E-state index contributed by atoms with van der Waals surface area (Å²) in [7, 11) is 0. The van der Waals surface area contributed by atoms with Crippen LogP contribution in [-0.4, -0.2) is 10.9 Å². The molecule has 0 aliphatic carbocycles. The number of nitrogens with zero attached hydrogens (tertiary/aromatic N) is 1. The number of benzene rings is 1. The number of nitrogens with one attached hydrogen (secondary N) is 1. The van der Waals surface area contributed by atoms with Crippen LogP contribution in [0, 0.1) is 6.92 Å². The molecule has 0 aliphatic rings. The number of pyridine rings is 1. The van der Waals surface area contributed by atoms with E-state index in [1.165, 1.54) is 11.8 Å². The number of nitrogens with two attached hydrogens (primary N) is 1. The van der Waals surface area contributed by atoms with Gasteiger partial charge in [-0.2, -0.15) is 0 Å². The standard InChI is InChI=1S/C14H14ClN3O/c1-9-4-2-3-5-10(9)7-17-12-6-13(15)18-8-11(12)14(16)19/h2-6,8H,7H2,1H3,(H2,16,19)(H,17,18). The quantitative estimate of drug-likeness (QED) is 0.843. The zero-order valence-electron chi connectivity index (χ0n) is 10.5. The lowest BCUT2D eigenvalue weighted by Gasteiger charge is -2.11. The minimum atomic E-state index is -0.531. The zero-order valence-corrected chi connectivity index (χ0v) is 11.2. The van der Waals surface area contributed by atoms with Gasteiger partial charge in [0.1, 0.15) is 5.15 Å². The first-order valence-corrected chi connectivity index (χ1v) is 6.19. The molecule has 0 saturated heterocycles. The molecule has 1 amide bonds. The molecule has 98 valence electrons. The molecule has 1 heterocycles. The second-order valence-electron chi connectivity index (χ2n) is 4.20. The van der Waals surface area contributed by atoms with Crippen LogP contribution in [0.4, 0.5) is 5.69 Å². The summed E-state index contributed by atoms with van der Waals surface area (Å²) in [5.74, 6) is -0.531. The third-order valence-electron chi connectivity index (χ3n) is 2.87. The Bertz CT molecular complexity index is 613. The predicted molar refractivity (Wildman–Crippen MR) is 76.3 cm³/mol. The lowest BCUT2D eigenvalue weighted by atomic mass is 10.1. The molecule has 1 aromatic heterocycles. The summed E-state index contributed by atoms with van der Waals surface area (Å²) in [5, 5.41) is 3.48. The number of anilines is 1. The average Bonchev–Trinajstić information content (AvgIpc) is 2.37. The van der Waals surface area contributed by atoms with E-state index in [2.05, 4.69) is 10.3 Å². The number of carbonyl (C=O) groups excluding carboxylic acids is 1. The fourth-order valence-corrected chi connectivity index (χ4v) is 1.93. The summed E-state index contributed by atoms with van der Waals surface area (Å²) < 4.78 is 0. The maximum Gasteiger partial charge on any atom is 0.252 e. The Balaban J connectivity index is 2.22. The van der Waals surface area contributed by atoms with Gasteiger partial charge in [-0.05, 0) is 24.1 Å². The molecule has 4 nitrogen and oxygen atoms in total. The Morgan fingerprint density at radius 1 is 1.42 bits per heavy atom. The number of aryl methyl sites for hydroxylation is 1. The Morgan fingerprint density at radius 3 is 2.84 bits per heavy atom. The van der Waals surface area contributed by atoms with Crippen LogP contribution in [0.5, 0.6) is 0 Å². The lowest BCUT2D eigenvalue weighted by molar-refractivity contribution is 0.100. The molecule has 0 aliphatic heterocycles. The van der Waals surface area contributed by atoms with Gasteiger partial charge < -0.3 is 11.1 Å². The largest absolute Gasteiger partial charge is 0.380 e. The van der Waals surface area contributed by atoms with Crippen molar-refractivity contribution in [3.63, 3.8) is 0 Å². The summed E-state index contributed by atoms with van der Waals surface area (Å²) in [6.07, 6.45) is 1.38. The highest BCUT2D eigenvalue weighted by Crippen LogP contribution is 2.19. The molecule has 0 spiro atoms. The van der Waals surface area contributed by atoms with Gasteiger partial charge in [-0.15, -0.1) is 0 Å². The van der Waals surface area contributed by atoms with Gasteiger partial charge in [-0.3, -0.25) is 4.79 Å². The van der Waals surface area contributed by atoms with Crippen molar-refractivity contribution >= 4 is 23.2 Å². The smallest absolute Gasteiger partial charge is 0.252 e. The average molecular weight is 276 g/mol. The van der Waals surface area contributed by atoms with Gasteiger partial charge in [0.05, 0.1) is 11.3 Å². The third-order valence-corrected chi connectivity index (χ3v) is 3.07. The van der Waals surface area contributed by atoms with Crippen LogP contribution in [0.2, 0.25) is 5.15 Å². The zero-order chi connectivity index (χ0) is 13.8. The normalized spacial score (nSPS) is 10.2. The number of primary amides is 1. The number of halogens is 1. The second kappa shape index (κ2) is 5.71. The van der Waals surface area contributed by atoms with Gasteiger partial charge in [0, 0.05) is 12.7 Å². The first kappa shape index (κ1) is 13.4. The summed E-state index contributed by atoms with van der Waals surface area (Å²) in [6, 6.07) is 9.61. The summed E-state index contributed by atoms with van der Waals surface area (Å²) >= 11 is 5.83. The fourth-order valence-electron chi connectivity index (χ4n) is 1.77. The summed E-state index contributed by atoms with van der Waals surface area (Å²) in [6.45, 7) is 2.62. The van der Waals surface area contributed by atoms with Crippen molar-refractivity contribution < 1.29 is 4.79 Å². The molecule has 5 heteroatoms. The first-order valence-electron chi connectivity index (χ1n) is 5.81. The molecule has 0 unspecified atom stereocenters. The molecule has 0 radical (unpaired) electrons. The van der Waals surface area contributed by atoms with Crippen LogP contribution in [0.15, 0.2) is 36.5 Å². The molecule has 0 saturated carbocycles. The summed E-state index contributed by atoms with van der Waals surface area (Å²) in [5.41, 5.74) is 8.55. The van der Waals surface area contributed by atoms with Crippen LogP contribution in [0.1, 0.15) is 21.5 Å². The lowest BCUT2D eigenvalue weighted by Crippen LogP contribution is -2.15. The molecule has 19 heavy (non-hydrogen) atoms. The number of hydrogen-bond donors (Lipinski definition) is 2. The van der Waals surface area contributed by atoms with Crippen molar-refractivity contribution in [3.8, 4) is 0 Å². The Morgan fingerprint density at radius 2 is 2.16 bits per heavy atom. The van der Waals surface area contributed by atoms with E-state index in [4.69, 9.17) is 17.3 Å². The number of amides is 1. The van der Waals surface area contributed by atoms with E-state index in [1.54, 1.807) is 6.07 Å². The van der Waals surface area contributed by atoms with Gasteiger partial charge in [0.15, 0.2) is 0 Å². The molecule has 0 bridgehead atoms. The molecular formula is C14H14ClN3O. The van der Waals surface area contributed by atoms with E-state index in [1.807, 2.05) is 31.2 Å². The molecule has 0 atom stereocenters. The highest BCUT2D eigenvalue weighted by atomic mass is 35.5. The molecular weight excluding hydrogens is 262 g/mol. The maximum atomic E-state index is 11.3. The van der Waals surface area contributed by atoms with Crippen molar-refractivity contribution in [1.29, 1.82) is 0 Å². The van der Waals surface area contributed by atoms with Crippen LogP contribution in [0.3, 0.4) is 0 Å². The number of hydrogen-bond acceptors (Lipinski definition) is 3. The number of aromatic nitrogens is 1. The minimum absolute atomic E-state index is 0.317. The first-order chi connectivity index (χ1) is 9.08. The molecule has 0 fully saturated rings. The van der Waals surface area contributed by atoms with E-state index in [0.717, 1.165) is 5.56 Å². The topological polar surface area (TPSA) is 68.0 Å². The Kier molecular flexibility index (Phi) is 4.02. The van der Waals surface area contributed by atoms with E-state index in [9.17, 15) is 4.79 Å². The van der Waals surface area contributed by atoms with Gasteiger partial charge in [0.25, 0.3) is 5.91 Å². The predicted octanol–water partition coefficient (Wildman–Crippen LogP) is 2.75. The van der Waals surface area contributed by atoms with Crippen LogP contribution < -0.4 is 11.1 Å². The number of rotatable bonds is 4. The van der Waals surface area contributed by atoms with Gasteiger partial charge >= 0.3 is 0 Å². The molecule has 2 rings (SSSR count). The third kappa shape index (κ3) is 3.23. The second-order valence-corrected chi connectivity index (χ2v) is 4.58. The fraction of sp³-hybridized carbons (Fsp3) is 0.143. The van der Waals surface area contributed by atoms with Crippen molar-refractivity contribution in [1.82, 2.24) is 4.98 Å².